The molecule has 0 atom stereocenters. The summed E-state index contributed by atoms with van der Waals surface area (Å²) in [5, 5.41) is 2.72. The fourth-order valence-electron chi connectivity index (χ4n) is 1.85. The fraction of sp³-hybridized carbons (Fsp3) is 0.417. The molecule has 1 N–H and O–H groups in total. The molecule has 0 aliphatic heterocycles. The van der Waals surface area contributed by atoms with Crippen LogP contribution in [0.25, 0.3) is 0 Å². The Morgan fingerprint density at radius 2 is 1.88 bits per heavy atom. The van der Waals surface area contributed by atoms with E-state index in [1.807, 2.05) is 18.2 Å². The van der Waals surface area contributed by atoms with Gasteiger partial charge in [-0.3, -0.25) is 4.79 Å². The third kappa shape index (κ3) is 2.38. The Labute approximate surface area is 92.7 Å². The SMILES string of the molecule is O=C(Nc1ccccc1)C1CC(C(F)F)C1. The van der Waals surface area contributed by atoms with Crippen molar-refractivity contribution >= 4 is 11.6 Å². The van der Waals surface area contributed by atoms with Crippen LogP contribution < -0.4 is 5.32 Å². The minimum atomic E-state index is -2.29. The Hall–Kier alpha value is -1.45. The molecule has 0 bridgehead atoms. The second-order valence-electron chi connectivity index (χ2n) is 4.12. The molecule has 1 aromatic rings. The Morgan fingerprint density at radius 3 is 2.44 bits per heavy atom. The highest BCUT2D eigenvalue weighted by molar-refractivity contribution is 5.93. The van der Waals surface area contributed by atoms with Gasteiger partial charge in [0.15, 0.2) is 0 Å². The number of alkyl halides is 2. The minimum Gasteiger partial charge on any atom is -0.326 e. The van der Waals surface area contributed by atoms with Gasteiger partial charge in [-0.1, -0.05) is 18.2 Å². The van der Waals surface area contributed by atoms with E-state index >= 15 is 0 Å². The van der Waals surface area contributed by atoms with Gasteiger partial charge >= 0.3 is 0 Å². The summed E-state index contributed by atoms with van der Waals surface area (Å²) in [6.07, 6.45) is -1.69. The topological polar surface area (TPSA) is 29.1 Å². The number of carbonyl (C=O) groups is 1. The van der Waals surface area contributed by atoms with Crippen molar-refractivity contribution < 1.29 is 13.6 Å². The van der Waals surface area contributed by atoms with Crippen molar-refractivity contribution in [2.24, 2.45) is 11.8 Å². The predicted molar refractivity (Wildman–Crippen MR) is 57.3 cm³/mol. The summed E-state index contributed by atoms with van der Waals surface area (Å²) in [6, 6.07) is 9.05. The maximum absolute atomic E-state index is 12.2. The summed E-state index contributed by atoms with van der Waals surface area (Å²) < 4.78 is 24.4. The van der Waals surface area contributed by atoms with Crippen LogP contribution in [0.15, 0.2) is 30.3 Å². The zero-order valence-electron chi connectivity index (χ0n) is 8.70. The van der Waals surface area contributed by atoms with E-state index < -0.39 is 12.3 Å². The molecule has 2 nitrogen and oxygen atoms in total. The van der Waals surface area contributed by atoms with Crippen LogP contribution >= 0.6 is 0 Å². The summed E-state index contributed by atoms with van der Waals surface area (Å²) in [6.45, 7) is 0. The van der Waals surface area contributed by atoms with Crippen molar-refractivity contribution in [1.82, 2.24) is 0 Å². The number of nitrogens with one attached hydrogen (secondary N) is 1. The third-order valence-corrected chi connectivity index (χ3v) is 2.94. The van der Waals surface area contributed by atoms with Crippen LogP contribution in [0.3, 0.4) is 0 Å². The van der Waals surface area contributed by atoms with Crippen molar-refractivity contribution in [3.8, 4) is 0 Å². The van der Waals surface area contributed by atoms with Crippen LogP contribution in [-0.4, -0.2) is 12.3 Å². The summed E-state index contributed by atoms with van der Waals surface area (Å²) in [5.74, 6) is -0.992. The number of anilines is 1. The zero-order chi connectivity index (χ0) is 11.5. The van der Waals surface area contributed by atoms with Gasteiger partial charge < -0.3 is 5.32 Å². The zero-order valence-corrected chi connectivity index (χ0v) is 8.70. The maximum atomic E-state index is 12.2. The molecule has 0 radical (unpaired) electrons. The predicted octanol–water partition coefficient (Wildman–Crippen LogP) is 2.92. The smallest absolute Gasteiger partial charge is 0.241 e. The summed E-state index contributed by atoms with van der Waals surface area (Å²) in [4.78, 5) is 11.6. The Bertz CT molecular complexity index is 361. The first-order chi connectivity index (χ1) is 7.66. The van der Waals surface area contributed by atoms with Gasteiger partial charge in [0.05, 0.1) is 0 Å². The average Bonchev–Trinajstić information content (AvgIpc) is 2.15. The van der Waals surface area contributed by atoms with E-state index in [4.69, 9.17) is 0 Å². The maximum Gasteiger partial charge on any atom is 0.241 e. The van der Waals surface area contributed by atoms with Gasteiger partial charge in [-0.25, -0.2) is 8.78 Å². The van der Waals surface area contributed by atoms with Gasteiger partial charge in [0.2, 0.25) is 12.3 Å². The molecule has 1 fully saturated rings. The van der Waals surface area contributed by atoms with Crippen LogP contribution in [0, 0.1) is 11.8 Å². The van der Waals surface area contributed by atoms with Crippen LogP contribution in [0.2, 0.25) is 0 Å². The van der Waals surface area contributed by atoms with Gasteiger partial charge in [0, 0.05) is 17.5 Å². The van der Waals surface area contributed by atoms with E-state index in [2.05, 4.69) is 5.32 Å². The van der Waals surface area contributed by atoms with Crippen molar-refractivity contribution in [2.75, 3.05) is 5.32 Å². The molecule has 86 valence electrons. The number of para-hydroxylation sites is 1. The molecule has 1 aliphatic rings. The monoisotopic (exact) mass is 225 g/mol. The third-order valence-electron chi connectivity index (χ3n) is 2.94. The fourth-order valence-corrected chi connectivity index (χ4v) is 1.85. The molecule has 1 amide bonds. The molecule has 1 aliphatic carbocycles. The standard InChI is InChI=1S/C12H13F2NO/c13-11(14)8-6-9(7-8)12(16)15-10-4-2-1-3-5-10/h1-5,8-9,11H,6-7H2,(H,15,16). The highest BCUT2D eigenvalue weighted by atomic mass is 19.3. The van der Waals surface area contributed by atoms with Crippen LogP contribution in [0.4, 0.5) is 14.5 Å². The normalized spacial score (nSPS) is 23.9. The highest BCUT2D eigenvalue weighted by Gasteiger charge is 2.39. The first-order valence-electron chi connectivity index (χ1n) is 5.31. The molecule has 0 aromatic heterocycles. The quantitative estimate of drug-likeness (QED) is 0.841. The van der Waals surface area contributed by atoms with E-state index in [-0.39, 0.29) is 11.8 Å². The molecule has 2 rings (SSSR count). The Kier molecular flexibility index (Phi) is 3.17. The molecule has 4 heteroatoms. The van der Waals surface area contributed by atoms with E-state index in [1.54, 1.807) is 12.1 Å². The van der Waals surface area contributed by atoms with Crippen molar-refractivity contribution in [2.45, 2.75) is 19.3 Å². The number of hydrogen-bond acceptors (Lipinski definition) is 1. The lowest BCUT2D eigenvalue weighted by atomic mass is 9.74. The van der Waals surface area contributed by atoms with Crippen molar-refractivity contribution in [1.29, 1.82) is 0 Å². The largest absolute Gasteiger partial charge is 0.326 e. The molecular formula is C12H13F2NO. The van der Waals surface area contributed by atoms with Gasteiger partial charge in [-0.2, -0.15) is 0 Å². The van der Waals surface area contributed by atoms with Gasteiger partial charge in [-0.15, -0.1) is 0 Å². The number of rotatable bonds is 3. The molecule has 1 saturated carbocycles. The Balaban J connectivity index is 1.83. The first kappa shape index (κ1) is 11.0. The van der Waals surface area contributed by atoms with Gasteiger partial charge in [0.25, 0.3) is 0 Å². The van der Waals surface area contributed by atoms with E-state index in [0.29, 0.717) is 18.5 Å². The summed E-state index contributed by atoms with van der Waals surface area (Å²) >= 11 is 0. The van der Waals surface area contributed by atoms with Crippen LogP contribution in [0.1, 0.15) is 12.8 Å². The lowest BCUT2D eigenvalue weighted by Crippen LogP contribution is -2.37. The number of hydrogen-bond donors (Lipinski definition) is 1. The molecule has 1 aromatic carbocycles. The van der Waals surface area contributed by atoms with Gasteiger partial charge in [0.1, 0.15) is 0 Å². The molecule has 16 heavy (non-hydrogen) atoms. The number of amides is 1. The summed E-state index contributed by atoms with van der Waals surface area (Å²) in [7, 11) is 0. The molecule has 0 heterocycles. The second kappa shape index (κ2) is 4.60. The summed E-state index contributed by atoms with van der Waals surface area (Å²) in [5.41, 5.74) is 0.716. The molecule has 0 saturated heterocycles. The highest BCUT2D eigenvalue weighted by Crippen LogP contribution is 2.38. The average molecular weight is 225 g/mol. The van der Waals surface area contributed by atoms with Crippen molar-refractivity contribution in [3.63, 3.8) is 0 Å². The lowest BCUT2D eigenvalue weighted by molar-refractivity contribution is -0.126. The van der Waals surface area contributed by atoms with Crippen LogP contribution in [-0.2, 0) is 4.79 Å². The number of benzene rings is 1. The number of carbonyl (C=O) groups excluding carboxylic acids is 1. The molecule has 0 spiro atoms. The van der Waals surface area contributed by atoms with E-state index in [0.717, 1.165) is 0 Å². The van der Waals surface area contributed by atoms with E-state index in [9.17, 15) is 13.6 Å². The molecular weight excluding hydrogens is 212 g/mol. The second-order valence-corrected chi connectivity index (χ2v) is 4.12. The molecule has 0 unspecified atom stereocenters. The number of halogens is 2. The Morgan fingerprint density at radius 1 is 1.25 bits per heavy atom. The lowest BCUT2D eigenvalue weighted by Gasteiger charge is -2.33. The van der Waals surface area contributed by atoms with Crippen LogP contribution in [0.5, 0.6) is 0 Å². The van der Waals surface area contributed by atoms with Gasteiger partial charge in [-0.05, 0) is 25.0 Å². The van der Waals surface area contributed by atoms with E-state index in [1.165, 1.54) is 0 Å². The minimum absolute atomic E-state index is 0.150. The van der Waals surface area contributed by atoms with Crippen molar-refractivity contribution in [3.05, 3.63) is 30.3 Å². The first-order valence-corrected chi connectivity index (χ1v) is 5.31.